The van der Waals surface area contributed by atoms with Gasteiger partial charge in [0.15, 0.2) is 5.78 Å². The highest BCUT2D eigenvalue weighted by Gasteiger charge is 2.12. The van der Waals surface area contributed by atoms with Gasteiger partial charge in [0.05, 0.1) is 0 Å². The number of allylic oxidation sites excluding steroid dienone is 2. The van der Waals surface area contributed by atoms with E-state index in [1.807, 2.05) is 60.8 Å². The van der Waals surface area contributed by atoms with Crippen LogP contribution in [0, 0.1) is 0 Å². The van der Waals surface area contributed by atoms with Crippen molar-refractivity contribution in [3.05, 3.63) is 59.9 Å². The molecule has 15 heavy (non-hydrogen) atoms. The Labute approximate surface area is 89.5 Å². The maximum atomic E-state index is 12.0. The molecule has 2 rings (SSSR count). The summed E-state index contributed by atoms with van der Waals surface area (Å²) in [5.74, 6) is 0.117. The average Bonchev–Trinajstić information content (AvgIpc) is 2.29. The molecule has 0 amide bonds. The topological polar surface area (TPSA) is 20.3 Å². The van der Waals surface area contributed by atoms with Crippen molar-refractivity contribution in [3.8, 4) is 0 Å². The van der Waals surface area contributed by atoms with Crippen molar-refractivity contribution in [2.75, 3.05) is 7.05 Å². The molecule has 76 valence electrons. The smallest absolute Gasteiger partial charge is 0.190 e. The van der Waals surface area contributed by atoms with E-state index in [9.17, 15) is 4.79 Å². The number of carbonyl (C=O) groups is 1. The van der Waals surface area contributed by atoms with Gasteiger partial charge in [0.2, 0.25) is 0 Å². The van der Waals surface area contributed by atoms with Gasteiger partial charge in [-0.1, -0.05) is 36.4 Å². The van der Waals surface area contributed by atoms with Crippen LogP contribution in [0.15, 0.2) is 54.4 Å². The third-order valence-corrected chi connectivity index (χ3v) is 2.37. The summed E-state index contributed by atoms with van der Waals surface area (Å²) in [6.45, 7) is 0. The van der Waals surface area contributed by atoms with Crippen molar-refractivity contribution < 1.29 is 4.79 Å². The van der Waals surface area contributed by atoms with Gasteiger partial charge >= 0.3 is 0 Å². The predicted octanol–water partition coefficient (Wildman–Crippen LogP) is 2.60. The summed E-state index contributed by atoms with van der Waals surface area (Å²) in [7, 11) is 1.92. The zero-order chi connectivity index (χ0) is 10.7. The Morgan fingerprint density at radius 2 is 2.00 bits per heavy atom. The van der Waals surface area contributed by atoms with E-state index in [4.69, 9.17) is 0 Å². The lowest BCUT2D eigenvalue weighted by molar-refractivity contribution is 0.103. The van der Waals surface area contributed by atoms with Crippen molar-refractivity contribution in [2.24, 2.45) is 0 Å². The van der Waals surface area contributed by atoms with Gasteiger partial charge in [-0.25, -0.2) is 0 Å². The third-order valence-electron chi connectivity index (χ3n) is 2.37. The summed E-state index contributed by atoms with van der Waals surface area (Å²) >= 11 is 0. The fraction of sp³-hybridized carbons (Fsp3) is 0.154. The molecular weight excluding hydrogens is 186 g/mol. The molecule has 0 saturated heterocycles. The summed E-state index contributed by atoms with van der Waals surface area (Å²) in [4.78, 5) is 13.9. The number of carbonyl (C=O) groups excluding carboxylic acids is 1. The monoisotopic (exact) mass is 199 g/mol. The van der Waals surface area contributed by atoms with Gasteiger partial charge in [-0.05, 0) is 12.6 Å². The minimum atomic E-state index is 0.117. The van der Waals surface area contributed by atoms with Crippen molar-refractivity contribution in [1.82, 2.24) is 4.90 Å². The maximum absolute atomic E-state index is 12.0. The van der Waals surface area contributed by atoms with Crippen molar-refractivity contribution in [1.29, 1.82) is 0 Å². The quantitative estimate of drug-likeness (QED) is 0.682. The molecule has 0 radical (unpaired) electrons. The first kappa shape index (κ1) is 9.71. The minimum Gasteiger partial charge on any atom is -0.357 e. The number of ketones is 1. The van der Waals surface area contributed by atoms with Crippen LogP contribution in [0.3, 0.4) is 0 Å². The lowest BCUT2D eigenvalue weighted by Gasteiger charge is -2.15. The molecule has 2 heteroatoms. The molecule has 0 aliphatic carbocycles. The zero-order valence-corrected chi connectivity index (χ0v) is 8.68. The van der Waals surface area contributed by atoms with Crippen molar-refractivity contribution in [3.63, 3.8) is 0 Å². The molecule has 0 aromatic heterocycles. The molecule has 1 heterocycles. The van der Waals surface area contributed by atoms with Gasteiger partial charge in [-0.15, -0.1) is 0 Å². The molecule has 0 bridgehead atoms. The van der Waals surface area contributed by atoms with E-state index in [2.05, 4.69) is 0 Å². The van der Waals surface area contributed by atoms with Gasteiger partial charge in [-0.3, -0.25) is 4.79 Å². The van der Waals surface area contributed by atoms with Crippen LogP contribution in [0.2, 0.25) is 0 Å². The van der Waals surface area contributed by atoms with E-state index < -0.39 is 0 Å². The van der Waals surface area contributed by atoms with E-state index in [1.165, 1.54) is 0 Å². The summed E-state index contributed by atoms with van der Waals surface area (Å²) in [5, 5.41) is 0. The molecule has 0 saturated carbocycles. The number of nitrogens with zero attached hydrogens (tertiary/aromatic N) is 1. The fourth-order valence-corrected chi connectivity index (χ4v) is 1.61. The van der Waals surface area contributed by atoms with E-state index in [-0.39, 0.29) is 5.78 Å². The van der Waals surface area contributed by atoms with Crippen LogP contribution < -0.4 is 0 Å². The van der Waals surface area contributed by atoms with Crippen molar-refractivity contribution in [2.45, 2.75) is 6.42 Å². The number of hydrogen-bond acceptors (Lipinski definition) is 2. The molecular formula is C13H13NO. The number of hydrogen-bond donors (Lipinski definition) is 0. The van der Waals surface area contributed by atoms with Gasteiger partial charge < -0.3 is 4.90 Å². The van der Waals surface area contributed by atoms with Gasteiger partial charge in [0.1, 0.15) is 0 Å². The van der Waals surface area contributed by atoms with E-state index in [0.717, 1.165) is 17.6 Å². The number of Topliss-reactive ketones (excluding diaryl/α,β-unsaturated/α-hetero) is 1. The molecule has 0 N–H and O–H groups in total. The lowest BCUT2D eigenvalue weighted by Crippen LogP contribution is -2.12. The number of benzene rings is 1. The third kappa shape index (κ3) is 2.15. The highest BCUT2D eigenvalue weighted by atomic mass is 16.1. The largest absolute Gasteiger partial charge is 0.357 e. The molecule has 1 aliphatic heterocycles. The maximum Gasteiger partial charge on any atom is 0.190 e. The van der Waals surface area contributed by atoms with Crippen LogP contribution in [-0.2, 0) is 0 Å². The standard InChI is InChI=1S/C13H13NO/c1-14-9-5-8-12(10-14)13(15)11-6-3-2-4-7-11/h2-7,9-10H,8H2,1H3. The second kappa shape index (κ2) is 4.13. The van der Waals surface area contributed by atoms with Crippen LogP contribution in [0.1, 0.15) is 16.8 Å². The Kier molecular flexibility index (Phi) is 2.68. The first-order valence-corrected chi connectivity index (χ1v) is 4.96. The Morgan fingerprint density at radius 1 is 1.27 bits per heavy atom. The molecule has 0 fully saturated rings. The number of rotatable bonds is 2. The molecule has 1 aromatic carbocycles. The van der Waals surface area contributed by atoms with Crippen LogP contribution in [0.25, 0.3) is 0 Å². The van der Waals surface area contributed by atoms with Crippen LogP contribution in [0.5, 0.6) is 0 Å². The normalized spacial score (nSPS) is 15.0. The van der Waals surface area contributed by atoms with E-state index in [0.29, 0.717) is 0 Å². The van der Waals surface area contributed by atoms with Gasteiger partial charge in [0, 0.05) is 24.4 Å². The Hall–Kier alpha value is -1.83. The fourth-order valence-electron chi connectivity index (χ4n) is 1.61. The molecule has 1 aliphatic rings. The second-order valence-electron chi connectivity index (χ2n) is 3.60. The van der Waals surface area contributed by atoms with E-state index >= 15 is 0 Å². The molecule has 2 nitrogen and oxygen atoms in total. The summed E-state index contributed by atoms with van der Waals surface area (Å²) in [6.07, 6.45) is 6.56. The summed E-state index contributed by atoms with van der Waals surface area (Å²) in [5.41, 5.74) is 1.60. The minimum absolute atomic E-state index is 0.117. The molecule has 0 atom stereocenters. The Morgan fingerprint density at radius 3 is 2.67 bits per heavy atom. The Bertz CT molecular complexity index is 417. The molecule has 1 aromatic rings. The summed E-state index contributed by atoms with van der Waals surface area (Å²) in [6, 6.07) is 9.38. The first-order chi connectivity index (χ1) is 7.27. The highest BCUT2D eigenvalue weighted by molar-refractivity contribution is 6.08. The zero-order valence-electron chi connectivity index (χ0n) is 8.68. The Balaban J connectivity index is 2.23. The van der Waals surface area contributed by atoms with Crippen LogP contribution >= 0.6 is 0 Å². The predicted molar refractivity (Wildman–Crippen MR) is 60.4 cm³/mol. The highest BCUT2D eigenvalue weighted by Crippen LogP contribution is 2.16. The van der Waals surface area contributed by atoms with Crippen molar-refractivity contribution >= 4 is 5.78 Å². The second-order valence-corrected chi connectivity index (χ2v) is 3.60. The molecule has 0 unspecified atom stereocenters. The lowest BCUT2D eigenvalue weighted by atomic mass is 10.0. The van der Waals surface area contributed by atoms with Gasteiger partial charge in [0.25, 0.3) is 0 Å². The van der Waals surface area contributed by atoms with Crippen LogP contribution in [-0.4, -0.2) is 17.7 Å². The van der Waals surface area contributed by atoms with Crippen LogP contribution in [0.4, 0.5) is 0 Å². The molecule has 0 spiro atoms. The van der Waals surface area contributed by atoms with E-state index in [1.54, 1.807) is 0 Å². The SMILES string of the molecule is CN1C=CCC(C(=O)c2ccccc2)=C1. The summed E-state index contributed by atoms with van der Waals surface area (Å²) < 4.78 is 0. The average molecular weight is 199 g/mol. The van der Waals surface area contributed by atoms with Gasteiger partial charge in [-0.2, -0.15) is 0 Å². The first-order valence-electron chi connectivity index (χ1n) is 4.96.